The van der Waals surface area contributed by atoms with Gasteiger partial charge >= 0.3 is 0 Å². The molecule has 0 amide bonds. The van der Waals surface area contributed by atoms with E-state index in [1.165, 1.54) is 5.56 Å². The molecule has 0 aliphatic heterocycles. The van der Waals surface area contributed by atoms with Gasteiger partial charge in [0.2, 0.25) is 0 Å². The molecule has 1 rings (SSSR count). The second kappa shape index (κ2) is 3.51. The predicted octanol–water partition coefficient (Wildman–Crippen LogP) is 0.954. The van der Waals surface area contributed by atoms with Gasteiger partial charge in [0.1, 0.15) is 0 Å². The Balaban J connectivity index is 2.93. The first kappa shape index (κ1) is 8.24. The topological polar surface area (TPSA) is 52.0 Å². The maximum atomic E-state index is 5.77. The van der Waals surface area contributed by atoms with Crippen LogP contribution in [0.2, 0.25) is 0 Å². The van der Waals surface area contributed by atoms with Crippen LogP contribution in [0.4, 0.5) is 0 Å². The van der Waals surface area contributed by atoms with Crippen molar-refractivity contribution < 1.29 is 0 Å². The van der Waals surface area contributed by atoms with Crippen LogP contribution in [-0.4, -0.2) is 6.54 Å². The number of benzene rings is 1. The predicted molar refractivity (Wildman–Crippen MR) is 47.2 cm³/mol. The Bertz CT molecular complexity index is 233. The molecule has 0 saturated carbocycles. The smallest absolute Gasteiger partial charge is 0.0422 e. The van der Waals surface area contributed by atoms with Crippen LogP contribution < -0.4 is 11.5 Å². The maximum Gasteiger partial charge on any atom is 0.0422 e. The van der Waals surface area contributed by atoms with Crippen molar-refractivity contribution in [3.05, 3.63) is 35.4 Å². The maximum absolute atomic E-state index is 5.77. The Morgan fingerprint density at radius 1 is 1.36 bits per heavy atom. The molecule has 0 aliphatic rings. The van der Waals surface area contributed by atoms with Crippen LogP contribution in [0.5, 0.6) is 0 Å². The lowest BCUT2D eigenvalue weighted by Crippen LogP contribution is -2.21. The van der Waals surface area contributed by atoms with Crippen molar-refractivity contribution in [3.63, 3.8) is 0 Å². The van der Waals surface area contributed by atoms with Crippen molar-refractivity contribution in [2.24, 2.45) is 11.5 Å². The van der Waals surface area contributed by atoms with Crippen LogP contribution in [0.25, 0.3) is 0 Å². The van der Waals surface area contributed by atoms with E-state index in [0.29, 0.717) is 6.54 Å². The van der Waals surface area contributed by atoms with Crippen molar-refractivity contribution in [1.29, 1.82) is 0 Å². The molecule has 0 spiro atoms. The van der Waals surface area contributed by atoms with Gasteiger partial charge in [-0.15, -0.1) is 0 Å². The first-order valence-corrected chi connectivity index (χ1v) is 3.77. The SMILES string of the molecule is Cc1ccccc1[C@H](N)CN. The molecule has 0 aliphatic carbocycles. The van der Waals surface area contributed by atoms with Crippen LogP contribution in [0.1, 0.15) is 17.2 Å². The summed E-state index contributed by atoms with van der Waals surface area (Å²) in [6.45, 7) is 2.55. The van der Waals surface area contributed by atoms with E-state index in [-0.39, 0.29) is 6.04 Å². The lowest BCUT2D eigenvalue weighted by molar-refractivity contribution is 0.732. The Labute approximate surface area is 67.2 Å². The molecule has 2 heteroatoms. The number of rotatable bonds is 2. The van der Waals surface area contributed by atoms with E-state index < -0.39 is 0 Å². The minimum atomic E-state index is -0.0174. The van der Waals surface area contributed by atoms with Crippen LogP contribution in [0.15, 0.2) is 24.3 Å². The van der Waals surface area contributed by atoms with Crippen molar-refractivity contribution in [2.45, 2.75) is 13.0 Å². The molecule has 4 N–H and O–H groups in total. The van der Waals surface area contributed by atoms with E-state index in [2.05, 4.69) is 0 Å². The lowest BCUT2D eigenvalue weighted by Gasteiger charge is -2.11. The summed E-state index contributed by atoms with van der Waals surface area (Å²) in [7, 11) is 0. The van der Waals surface area contributed by atoms with Crippen LogP contribution in [0.3, 0.4) is 0 Å². The van der Waals surface area contributed by atoms with Crippen LogP contribution >= 0.6 is 0 Å². The molecule has 0 aromatic heterocycles. The van der Waals surface area contributed by atoms with Crippen molar-refractivity contribution in [3.8, 4) is 0 Å². The molecule has 1 aromatic carbocycles. The summed E-state index contributed by atoms with van der Waals surface area (Å²) in [6, 6.07) is 8.04. The summed E-state index contributed by atoms with van der Waals surface area (Å²) in [5.41, 5.74) is 13.6. The van der Waals surface area contributed by atoms with E-state index in [4.69, 9.17) is 11.5 Å². The first-order chi connectivity index (χ1) is 5.25. The van der Waals surface area contributed by atoms with Crippen molar-refractivity contribution >= 4 is 0 Å². The monoisotopic (exact) mass is 150 g/mol. The minimum Gasteiger partial charge on any atom is -0.329 e. The number of hydrogen-bond acceptors (Lipinski definition) is 2. The van der Waals surface area contributed by atoms with Gasteiger partial charge in [0, 0.05) is 12.6 Å². The summed E-state index contributed by atoms with van der Waals surface area (Å²) < 4.78 is 0. The Morgan fingerprint density at radius 3 is 2.55 bits per heavy atom. The molecule has 11 heavy (non-hydrogen) atoms. The average Bonchev–Trinajstić information content (AvgIpc) is 2.04. The molecular formula is C9H14N2. The zero-order valence-corrected chi connectivity index (χ0v) is 6.75. The van der Waals surface area contributed by atoms with Gasteiger partial charge in [0.25, 0.3) is 0 Å². The highest BCUT2D eigenvalue weighted by molar-refractivity contribution is 5.28. The number of nitrogens with two attached hydrogens (primary N) is 2. The number of hydrogen-bond donors (Lipinski definition) is 2. The number of aryl methyl sites for hydroxylation is 1. The molecule has 0 radical (unpaired) electrons. The summed E-state index contributed by atoms with van der Waals surface area (Å²) >= 11 is 0. The molecule has 0 heterocycles. The molecule has 0 unspecified atom stereocenters. The van der Waals surface area contributed by atoms with E-state index in [0.717, 1.165) is 5.56 Å². The van der Waals surface area contributed by atoms with E-state index >= 15 is 0 Å². The Hall–Kier alpha value is -0.860. The van der Waals surface area contributed by atoms with Crippen molar-refractivity contribution in [2.75, 3.05) is 6.54 Å². The van der Waals surface area contributed by atoms with Crippen LogP contribution in [-0.2, 0) is 0 Å². The molecular weight excluding hydrogens is 136 g/mol. The lowest BCUT2D eigenvalue weighted by atomic mass is 10.0. The molecule has 0 saturated heterocycles. The van der Waals surface area contributed by atoms with Crippen molar-refractivity contribution in [1.82, 2.24) is 0 Å². The van der Waals surface area contributed by atoms with Gasteiger partial charge in [0.05, 0.1) is 0 Å². The highest BCUT2D eigenvalue weighted by Crippen LogP contribution is 2.13. The van der Waals surface area contributed by atoms with Gasteiger partial charge in [-0.25, -0.2) is 0 Å². The highest BCUT2D eigenvalue weighted by Gasteiger charge is 2.04. The second-order valence-corrected chi connectivity index (χ2v) is 2.70. The normalized spacial score (nSPS) is 13.0. The van der Waals surface area contributed by atoms with Gasteiger partial charge in [-0.05, 0) is 18.1 Å². The minimum absolute atomic E-state index is 0.0174. The Morgan fingerprint density at radius 2 is 2.00 bits per heavy atom. The molecule has 2 nitrogen and oxygen atoms in total. The van der Waals surface area contributed by atoms with E-state index in [9.17, 15) is 0 Å². The average molecular weight is 150 g/mol. The summed E-state index contributed by atoms with van der Waals surface area (Å²) in [6.07, 6.45) is 0. The zero-order valence-electron chi connectivity index (χ0n) is 6.75. The molecule has 60 valence electrons. The summed E-state index contributed by atoms with van der Waals surface area (Å²) in [5, 5.41) is 0. The van der Waals surface area contributed by atoms with Gasteiger partial charge in [0.15, 0.2) is 0 Å². The zero-order chi connectivity index (χ0) is 8.27. The molecule has 0 fully saturated rings. The fourth-order valence-electron chi connectivity index (χ4n) is 1.13. The summed E-state index contributed by atoms with van der Waals surface area (Å²) in [4.78, 5) is 0. The quantitative estimate of drug-likeness (QED) is 0.659. The van der Waals surface area contributed by atoms with Gasteiger partial charge < -0.3 is 11.5 Å². The standard InChI is InChI=1S/C9H14N2/c1-7-4-2-3-5-8(7)9(11)6-10/h2-5,9H,6,10-11H2,1H3/t9-/m1/s1. The fraction of sp³-hybridized carbons (Fsp3) is 0.333. The second-order valence-electron chi connectivity index (χ2n) is 2.70. The first-order valence-electron chi connectivity index (χ1n) is 3.77. The Kier molecular flexibility index (Phi) is 2.63. The third-order valence-electron chi connectivity index (χ3n) is 1.84. The van der Waals surface area contributed by atoms with Crippen LogP contribution in [0, 0.1) is 6.92 Å². The molecule has 1 atom stereocenters. The largest absolute Gasteiger partial charge is 0.329 e. The van der Waals surface area contributed by atoms with Gasteiger partial charge in [-0.3, -0.25) is 0 Å². The van der Waals surface area contributed by atoms with E-state index in [1.54, 1.807) is 0 Å². The molecule has 1 aromatic rings. The van der Waals surface area contributed by atoms with Gasteiger partial charge in [-0.1, -0.05) is 24.3 Å². The van der Waals surface area contributed by atoms with Gasteiger partial charge in [-0.2, -0.15) is 0 Å². The summed E-state index contributed by atoms with van der Waals surface area (Å²) in [5.74, 6) is 0. The molecule has 0 bridgehead atoms. The van der Waals surface area contributed by atoms with E-state index in [1.807, 2.05) is 31.2 Å². The fourth-order valence-corrected chi connectivity index (χ4v) is 1.13. The third-order valence-corrected chi connectivity index (χ3v) is 1.84. The highest BCUT2D eigenvalue weighted by atomic mass is 14.7. The third kappa shape index (κ3) is 1.79.